The van der Waals surface area contributed by atoms with E-state index < -0.39 is 15.9 Å². The van der Waals surface area contributed by atoms with Crippen molar-refractivity contribution in [2.75, 3.05) is 18.1 Å². The molecule has 1 aliphatic carbocycles. The summed E-state index contributed by atoms with van der Waals surface area (Å²) in [6.45, 7) is 0.408. The highest BCUT2D eigenvalue weighted by atomic mass is 32.2. The van der Waals surface area contributed by atoms with E-state index in [4.69, 9.17) is 4.74 Å². The second-order valence-corrected chi connectivity index (χ2v) is 7.54. The van der Waals surface area contributed by atoms with Crippen molar-refractivity contribution in [3.8, 4) is 0 Å². The second-order valence-electron chi connectivity index (χ2n) is 5.32. The molecule has 0 aromatic rings. The van der Waals surface area contributed by atoms with Crippen LogP contribution in [0.3, 0.4) is 0 Å². The number of amides is 1. The molecule has 1 aliphatic heterocycles. The van der Waals surface area contributed by atoms with Crippen LogP contribution in [0.15, 0.2) is 0 Å². The summed E-state index contributed by atoms with van der Waals surface area (Å²) in [6, 6.07) is 0. The molecule has 2 fully saturated rings. The van der Waals surface area contributed by atoms with Gasteiger partial charge in [-0.25, -0.2) is 13.2 Å². The van der Waals surface area contributed by atoms with Crippen molar-refractivity contribution in [2.45, 2.75) is 44.6 Å². The first-order valence-corrected chi connectivity index (χ1v) is 8.52. The van der Waals surface area contributed by atoms with Gasteiger partial charge in [-0.05, 0) is 38.0 Å². The third-order valence-corrected chi connectivity index (χ3v) is 5.52. The molecule has 1 saturated carbocycles. The molecule has 0 spiro atoms. The fourth-order valence-electron chi connectivity index (χ4n) is 2.64. The van der Waals surface area contributed by atoms with Crippen molar-refractivity contribution in [1.29, 1.82) is 0 Å². The maximum Gasteiger partial charge on any atom is 0.407 e. The van der Waals surface area contributed by atoms with E-state index in [1.165, 1.54) is 6.42 Å². The normalized spacial score (nSPS) is 27.9. The molecular formula is C12H21NO4S. The summed E-state index contributed by atoms with van der Waals surface area (Å²) >= 11 is 0. The van der Waals surface area contributed by atoms with Crippen LogP contribution in [0.25, 0.3) is 0 Å². The Hall–Kier alpha value is -0.780. The Balaban J connectivity index is 1.65. The topological polar surface area (TPSA) is 72.5 Å². The van der Waals surface area contributed by atoms with E-state index in [0.29, 0.717) is 13.0 Å². The molecule has 104 valence electrons. The summed E-state index contributed by atoms with van der Waals surface area (Å²) in [5.74, 6) is 0.488. The Labute approximate surface area is 108 Å². The predicted octanol–water partition coefficient (Wildman–Crippen LogP) is 1.48. The number of nitrogens with one attached hydrogen (secondary N) is 1. The Kier molecular flexibility index (Phi) is 4.48. The van der Waals surface area contributed by atoms with Crippen LogP contribution in [-0.4, -0.2) is 38.7 Å². The molecule has 0 radical (unpaired) electrons. The van der Waals surface area contributed by atoms with Gasteiger partial charge in [0.05, 0.1) is 11.5 Å². The maximum absolute atomic E-state index is 11.5. The SMILES string of the molecule is O=C(NC[C@@H]1CCS(=O)(=O)C1)OC1CCCCC1. The first-order chi connectivity index (χ1) is 8.55. The van der Waals surface area contributed by atoms with Crippen molar-refractivity contribution in [3.63, 3.8) is 0 Å². The number of hydrogen-bond acceptors (Lipinski definition) is 4. The first-order valence-electron chi connectivity index (χ1n) is 6.70. The smallest absolute Gasteiger partial charge is 0.407 e. The molecule has 1 N–H and O–H groups in total. The van der Waals surface area contributed by atoms with Gasteiger partial charge in [-0.1, -0.05) is 6.42 Å². The zero-order valence-electron chi connectivity index (χ0n) is 10.6. The van der Waals surface area contributed by atoms with Crippen LogP contribution in [0.4, 0.5) is 4.79 Å². The van der Waals surface area contributed by atoms with Crippen LogP contribution >= 0.6 is 0 Å². The monoisotopic (exact) mass is 275 g/mol. The molecule has 1 saturated heterocycles. The van der Waals surface area contributed by atoms with Gasteiger partial charge in [0, 0.05) is 6.54 Å². The number of sulfone groups is 1. The predicted molar refractivity (Wildman–Crippen MR) is 68.1 cm³/mol. The second kappa shape index (κ2) is 5.91. The van der Waals surface area contributed by atoms with Gasteiger partial charge in [-0.3, -0.25) is 0 Å². The van der Waals surface area contributed by atoms with Gasteiger partial charge in [0.1, 0.15) is 6.10 Å². The summed E-state index contributed by atoms with van der Waals surface area (Å²) in [6.07, 6.45) is 5.67. The molecule has 1 atom stereocenters. The number of rotatable bonds is 3. The van der Waals surface area contributed by atoms with Crippen molar-refractivity contribution in [3.05, 3.63) is 0 Å². The molecule has 0 unspecified atom stereocenters. The van der Waals surface area contributed by atoms with Gasteiger partial charge in [-0.2, -0.15) is 0 Å². The highest BCUT2D eigenvalue weighted by Crippen LogP contribution is 2.20. The lowest BCUT2D eigenvalue weighted by atomic mass is 9.98. The van der Waals surface area contributed by atoms with Crippen molar-refractivity contribution in [1.82, 2.24) is 5.32 Å². The third kappa shape index (κ3) is 4.15. The summed E-state index contributed by atoms with van der Waals surface area (Å²) < 4.78 is 27.8. The highest BCUT2D eigenvalue weighted by molar-refractivity contribution is 7.91. The number of alkyl carbamates (subject to hydrolysis) is 1. The zero-order chi connectivity index (χ0) is 13.0. The maximum atomic E-state index is 11.5. The summed E-state index contributed by atoms with van der Waals surface area (Å²) in [4.78, 5) is 11.5. The van der Waals surface area contributed by atoms with Crippen molar-refractivity contribution in [2.24, 2.45) is 5.92 Å². The van der Waals surface area contributed by atoms with Crippen molar-refractivity contribution < 1.29 is 17.9 Å². The lowest BCUT2D eigenvalue weighted by Gasteiger charge is -2.22. The molecule has 1 amide bonds. The van der Waals surface area contributed by atoms with E-state index >= 15 is 0 Å². The minimum absolute atomic E-state index is 0.0473. The van der Waals surface area contributed by atoms with Gasteiger partial charge in [-0.15, -0.1) is 0 Å². The molecule has 5 nitrogen and oxygen atoms in total. The quantitative estimate of drug-likeness (QED) is 0.846. The van der Waals surface area contributed by atoms with Gasteiger partial charge < -0.3 is 10.1 Å². The molecule has 18 heavy (non-hydrogen) atoms. The highest BCUT2D eigenvalue weighted by Gasteiger charge is 2.28. The van der Waals surface area contributed by atoms with E-state index in [0.717, 1.165) is 25.7 Å². The van der Waals surface area contributed by atoms with Crippen LogP contribution in [0.2, 0.25) is 0 Å². The molecule has 2 aliphatic rings. The first kappa shape index (κ1) is 13.6. The van der Waals surface area contributed by atoms with E-state index in [1.54, 1.807) is 0 Å². The summed E-state index contributed by atoms with van der Waals surface area (Å²) in [5.41, 5.74) is 0. The van der Waals surface area contributed by atoms with Gasteiger partial charge in [0.25, 0.3) is 0 Å². The lowest BCUT2D eigenvalue weighted by molar-refractivity contribution is 0.0747. The van der Waals surface area contributed by atoms with Crippen LogP contribution in [0.1, 0.15) is 38.5 Å². The van der Waals surface area contributed by atoms with E-state index in [1.807, 2.05) is 0 Å². The van der Waals surface area contributed by atoms with Crippen LogP contribution in [-0.2, 0) is 14.6 Å². The number of ether oxygens (including phenoxy) is 1. The molecule has 6 heteroatoms. The Bertz CT molecular complexity index is 387. The number of carbonyl (C=O) groups excluding carboxylic acids is 1. The molecule has 1 heterocycles. The summed E-state index contributed by atoms with van der Waals surface area (Å²) in [7, 11) is -2.86. The minimum Gasteiger partial charge on any atom is -0.446 e. The lowest BCUT2D eigenvalue weighted by Crippen LogP contribution is -2.33. The molecule has 2 rings (SSSR count). The average molecular weight is 275 g/mol. The van der Waals surface area contributed by atoms with Gasteiger partial charge in [0.2, 0.25) is 0 Å². The Morgan fingerprint density at radius 3 is 2.50 bits per heavy atom. The fraction of sp³-hybridized carbons (Fsp3) is 0.917. The van der Waals surface area contributed by atoms with E-state index in [-0.39, 0.29) is 23.5 Å². The van der Waals surface area contributed by atoms with Crippen LogP contribution in [0.5, 0.6) is 0 Å². The van der Waals surface area contributed by atoms with Crippen LogP contribution < -0.4 is 5.32 Å². The van der Waals surface area contributed by atoms with Gasteiger partial charge >= 0.3 is 6.09 Å². The minimum atomic E-state index is -2.86. The molecule has 0 aromatic heterocycles. The fourth-order valence-corrected chi connectivity index (χ4v) is 4.50. The van der Waals surface area contributed by atoms with Gasteiger partial charge in [0.15, 0.2) is 9.84 Å². The zero-order valence-corrected chi connectivity index (χ0v) is 11.4. The van der Waals surface area contributed by atoms with Crippen LogP contribution in [0, 0.1) is 5.92 Å². The van der Waals surface area contributed by atoms with E-state index in [9.17, 15) is 13.2 Å². The Morgan fingerprint density at radius 1 is 1.17 bits per heavy atom. The number of carbonyl (C=O) groups is 1. The summed E-state index contributed by atoms with van der Waals surface area (Å²) in [5, 5.41) is 2.68. The van der Waals surface area contributed by atoms with Crippen molar-refractivity contribution >= 4 is 15.9 Å². The Morgan fingerprint density at radius 2 is 1.89 bits per heavy atom. The standard InChI is InChI=1S/C12H21NO4S/c14-12(17-11-4-2-1-3-5-11)13-8-10-6-7-18(15,16)9-10/h10-11H,1-9H2,(H,13,14)/t10-/m0/s1. The largest absolute Gasteiger partial charge is 0.446 e. The molecule has 0 bridgehead atoms. The van der Waals surface area contributed by atoms with E-state index in [2.05, 4.69) is 5.32 Å². The molecule has 0 aromatic carbocycles. The third-order valence-electron chi connectivity index (χ3n) is 3.69. The average Bonchev–Trinajstić information content (AvgIpc) is 2.68. The molecular weight excluding hydrogens is 254 g/mol. The number of hydrogen-bond donors (Lipinski definition) is 1.